The summed E-state index contributed by atoms with van der Waals surface area (Å²) in [6.45, 7) is 2.56. The number of rotatable bonds is 4. The van der Waals surface area contributed by atoms with Crippen LogP contribution in [0.1, 0.15) is 22.5 Å². The molecule has 0 aliphatic carbocycles. The monoisotopic (exact) mass is 360 g/mol. The molecule has 1 atom stereocenters. The van der Waals surface area contributed by atoms with Gasteiger partial charge in [0.05, 0.1) is 25.3 Å². The van der Waals surface area contributed by atoms with Crippen molar-refractivity contribution < 1.29 is 18.7 Å². The number of hydrogen-bond acceptors (Lipinski definition) is 6. The summed E-state index contributed by atoms with van der Waals surface area (Å²) in [5.74, 6) is 0.914. The summed E-state index contributed by atoms with van der Waals surface area (Å²) in [5, 5.41) is 0. The highest BCUT2D eigenvalue weighted by atomic mass is 16.5. The Morgan fingerprint density at radius 3 is 2.73 bits per heavy atom. The van der Waals surface area contributed by atoms with Crippen molar-refractivity contribution in [2.75, 3.05) is 20.2 Å². The molecule has 138 valence electrons. The van der Waals surface area contributed by atoms with Crippen LogP contribution in [-0.4, -0.2) is 41.7 Å². The Labute approximate surface area is 149 Å². The van der Waals surface area contributed by atoms with Crippen molar-refractivity contribution in [3.63, 3.8) is 0 Å². The smallest absolute Gasteiger partial charge is 0.339 e. The lowest BCUT2D eigenvalue weighted by Gasteiger charge is -2.19. The average molecular weight is 360 g/mol. The van der Waals surface area contributed by atoms with Crippen LogP contribution < -0.4 is 20.7 Å². The van der Waals surface area contributed by atoms with E-state index in [1.807, 2.05) is 0 Å². The van der Waals surface area contributed by atoms with Gasteiger partial charge in [0.25, 0.3) is 11.5 Å². The van der Waals surface area contributed by atoms with E-state index in [0.29, 0.717) is 36.6 Å². The molecule has 0 bridgehead atoms. The number of carbonyl (C=O) groups is 1. The fourth-order valence-electron chi connectivity index (χ4n) is 2.96. The van der Waals surface area contributed by atoms with Crippen LogP contribution in [0.15, 0.2) is 38.4 Å². The molecule has 0 spiro atoms. The van der Waals surface area contributed by atoms with E-state index in [9.17, 15) is 14.4 Å². The van der Waals surface area contributed by atoms with E-state index in [1.165, 1.54) is 30.0 Å². The lowest BCUT2D eigenvalue weighted by atomic mass is 10.2. The minimum Gasteiger partial charge on any atom is -0.496 e. The summed E-state index contributed by atoms with van der Waals surface area (Å²) in [5.41, 5.74) is -0.397. The highest BCUT2D eigenvalue weighted by molar-refractivity contribution is 5.96. The first-order valence-electron chi connectivity index (χ1n) is 8.20. The predicted molar refractivity (Wildman–Crippen MR) is 92.9 cm³/mol. The number of nitrogens with zero attached hydrogens (tertiary/aromatic N) is 2. The van der Waals surface area contributed by atoms with E-state index >= 15 is 0 Å². The third-order valence-electron chi connectivity index (χ3n) is 4.24. The minimum absolute atomic E-state index is 0.223. The number of amides is 1. The highest BCUT2D eigenvalue weighted by Crippen LogP contribution is 2.23. The van der Waals surface area contributed by atoms with Crippen LogP contribution in [0.3, 0.4) is 0 Å². The van der Waals surface area contributed by atoms with Crippen molar-refractivity contribution in [3.05, 3.63) is 56.5 Å². The van der Waals surface area contributed by atoms with Gasteiger partial charge in [-0.15, -0.1) is 0 Å². The summed E-state index contributed by atoms with van der Waals surface area (Å²) < 4.78 is 17.2. The molecule has 1 fully saturated rings. The fourth-order valence-corrected chi connectivity index (χ4v) is 2.96. The topological polar surface area (TPSA) is 91.0 Å². The molecule has 0 radical (unpaired) electrons. The molecule has 2 aromatic heterocycles. The maximum absolute atomic E-state index is 12.8. The molecule has 3 heterocycles. The lowest BCUT2D eigenvalue weighted by molar-refractivity contribution is 0.0767. The van der Waals surface area contributed by atoms with Gasteiger partial charge in [0, 0.05) is 38.3 Å². The third-order valence-corrected chi connectivity index (χ3v) is 4.24. The molecule has 8 heteroatoms. The molecule has 1 aliphatic rings. The van der Waals surface area contributed by atoms with Crippen molar-refractivity contribution in [1.29, 1.82) is 0 Å². The maximum atomic E-state index is 12.8. The van der Waals surface area contributed by atoms with E-state index in [4.69, 9.17) is 13.9 Å². The normalized spacial score (nSPS) is 16.6. The highest BCUT2D eigenvalue weighted by Gasteiger charge is 2.30. The number of ether oxygens (including phenoxy) is 2. The SMILES string of the molecule is COc1cc(=O)n(C)cc1C(=O)N1CCC(Oc2cc(C)oc(=O)c2)C1. The van der Waals surface area contributed by atoms with Gasteiger partial charge in [0.15, 0.2) is 0 Å². The second kappa shape index (κ2) is 7.07. The molecule has 1 unspecified atom stereocenters. The van der Waals surface area contributed by atoms with Crippen LogP contribution in [0.2, 0.25) is 0 Å². The van der Waals surface area contributed by atoms with Gasteiger partial charge in [-0.2, -0.15) is 0 Å². The molecule has 3 rings (SSSR count). The first-order valence-corrected chi connectivity index (χ1v) is 8.20. The molecule has 26 heavy (non-hydrogen) atoms. The van der Waals surface area contributed by atoms with Gasteiger partial charge in [-0.3, -0.25) is 9.59 Å². The Kier molecular flexibility index (Phi) is 4.83. The van der Waals surface area contributed by atoms with E-state index < -0.39 is 5.63 Å². The van der Waals surface area contributed by atoms with Gasteiger partial charge < -0.3 is 23.4 Å². The largest absolute Gasteiger partial charge is 0.496 e. The van der Waals surface area contributed by atoms with E-state index in [0.717, 1.165) is 0 Å². The van der Waals surface area contributed by atoms with Crippen molar-refractivity contribution in [3.8, 4) is 11.5 Å². The second-order valence-electron chi connectivity index (χ2n) is 6.21. The van der Waals surface area contributed by atoms with Crippen LogP contribution in [0.5, 0.6) is 11.5 Å². The Morgan fingerprint density at radius 1 is 1.27 bits per heavy atom. The van der Waals surface area contributed by atoms with Crippen LogP contribution in [0, 0.1) is 6.92 Å². The van der Waals surface area contributed by atoms with Crippen molar-refractivity contribution >= 4 is 5.91 Å². The standard InChI is InChI=1S/C18H20N2O6/c1-11-6-13(7-17(22)25-11)26-12-4-5-20(9-12)18(23)14-10-19(2)16(21)8-15(14)24-3/h6-8,10,12H,4-5,9H2,1-3H3. The molecule has 0 aromatic carbocycles. The van der Waals surface area contributed by atoms with Crippen molar-refractivity contribution in [1.82, 2.24) is 9.47 Å². The third kappa shape index (κ3) is 3.63. The quantitative estimate of drug-likeness (QED) is 0.806. The molecular weight excluding hydrogens is 340 g/mol. The van der Waals surface area contributed by atoms with Crippen LogP contribution in [0.25, 0.3) is 0 Å². The van der Waals surface area contributed by atoms with E-state index in [-0.39, 0.29) is 23.3 Å². The number of methoxy groups -OCH3 is 1. The number of aromatic nitrogens is 1. The molecule has 2 aromatic rings. The molecule has 1 amide bonds. The molecule has 1 aliphatic heterocycles. The fraction of sp³-hybridized carbons (Fsp3) is 0.389. The lowest BCUT2D eigenvalue weighted by Crippen LogP contribution is -2.32. The first-order chi connectivity index (χ1) is 12.4. The van der Waals surface area contributed by atoms with Crippen LogP contribution in [0.4, 0.5) is 0 Å². The Morgan fingerprint density at radius 2 is 2.04 bits per heavy atom. The number of carbonyl (C=O) groups excluding carboxylic acids is 1. The van der Waals surface area contributed by atoms with Gasteiger partial charge in [0.2, 0.25) is 0 Å². The van der Waals surface area contributed by atoms with Gasteiger partial charge in [-0.05, 0) is 6.92 Å². The van der Waals surface area contributed by atoms with Crippen LogP contribution >= 0.6 is 0 Å². The number of likely N-dealkylation sites (tertiary alicyclic amines) is 1. The Bertz CT molecular complexity index is 945. The zero-order valence-electron chi connectivity index (χ0n) is 14.9. The minimum atomic E-state index is -0.471. The van der Waals surface area contributed by atoms with E-state index in [2.05, 4.69) is 0 Å². The molecule has 8 nitrogen and oxygen atoms in total. The van der Waals surface area contributed by atoms with Crippen molar-refractivity contribution in [2.24, 2.45) is 7.05 Å². The summed E-state index contributed by atoms with van der Waals surface area (Å²) in [6.07, 6.45) is 1.89. The Balaban J connectivity index is 1.74. The first kappa shape index (κ1) is 17.8. The van der Waals surface area contributed by atoms with E-state index in [1.54, 1.807) is 24.9 Å². The van der Waals surface area contributed by atoms with Crippen LogP contribution in [-0.2, 0) is 7.05 Å². The summed E-state index contributed by atoms with van der Waals surface area (Å²) >= 11 is 0. The Hall–Kier alpha value is -3.03. The van der Waals surface area contributed by atoms with Gasteiger partial charge >= 0.3 is 5.63 Å². The van der Waals surface area contributed by atoms with Gasteiger partial charge in [-0.25, -0.2) is 4.79 Å². The zero-order chi connectivity index (χ0) is 18.8. The zero-order valence-corrected chi connectivity index (χ0v) is 14.9. The summed E-state index contributed by atoms with van der Waals surface area (Å²) in [6, 6.07) is 4.22. The maximum Gasteiger partial charge on any atom is 0.339 e. The summed E-state index contributed by atoms with van der Waals surface area (Å²) in [4.78, 5) is 37.6. The van der Waals surface area contributed by atoms with Gasteiger partial charge in [0.1, 0.15) is 23.4 Å². The second-order valence-corrected chi connectivity index (χ2v) is 6.21. The number of aryl methyl sites for hydroxylation is 2. The van der Waals surface area contributed by atoms with Gasteiger partial charge in [-0.1, -0.05) is 0 Å². The predicted octanol–water partition coefficient (Wildman–Crippen LogP) is 0.949. The van der Waals surface area contributed by atoms with Crippen molar-refractivity contribution in [2.45, 2.75) is 19.4 Å². The average Bonchev–Trinajstić information content (AvgIpc) is 3.03. The number of hydrogen-bond donors (Lipinski definition) is 0. The number of pyridine rings is 1. The molecular formula is C18H20N2O6. The summed E-state index contributed by atoms with van der Waals surface area (Å²) in [7, 11) is 3.00. The molecule has 1 saturated heterocycles. The molecule has 0 N–H and O–H groups in total. The molecule has 0 saturated carbocycles.